The molecule has 0 saturated carbocycles. The molecule has 2 radical (unpaired) electrons. The number of pyridine rings is 2. The van der Waals surface area contributed by atoms with E-state index in [-0.39, 0.29) is 0 Å². The summed E-state index contributed by atoms with van der Waals surface area (Å²) in [5.41, 5.74) is 4.75. The number of rotatable bonds is 3. The fourth-order valence-corrected chi connectivity index (χ4v) is 6.09. The van der Waals surface area contributed by atoms with Gasteiger partial charge in [0.1, 0.15) is 7.85 Å². The van der Waals surface area contributed by atoms with Crippen molar-refractivity contribution < 1.29 is 4.39 Å². The molecule has 4 aromatic rings. The third kappa shape index (κ3) is 3.49. The highest BCUT2D eigenvalue weighted by Gasteiger charge is 2.41. The molecule has 1 saturated heterocycles. The highest BCUT2D eigenvalue weighted by Crippen LogP contribution is 2.44. The van der Waals surface area contributed by atoms with Gasteiger partial charge in [-0.1, -0.05) is 17.8 Å². The monoisotopic (exact) mass is 456 g/mol. The van der Waals surface area contributed by atoms with E-state index in [1.165, 1.54) is 29.2 Å². The Kier molecular flexibility index (Phi) is 4.90. The number of piperidine rings is 1. The van der Waals surface area contributed by atoms with Gasteiger partial charge < -0.3 is 4.90 Å². The molecule has 0 aromatic carbocycles. The second-order valence-corrected chi connectivity index (χ2v) is 10.1. The van der Waals surface area contributed by atoms with Crippen molar-refractivity contribution in [1.29, 1.82) is 0 Å². The maximum atomic E-state index is 13.9. The zero-order valence-corrected chi connectivity index (χ0v) is 19.1. The quantitative estimate of drug-likeness (QED) is 0.348. The summed E-state index contributed by atoms with van der Waals surface area (Å²) >= 11 is 1.43. The average Bonchev–Trinajstić information content (AvgIpc) is 3.38. The molecule has 33 heavy (non-hydrogen) atoms. The van der Waals surface area contributed by atoms with E-state index in [2.05, 4.69) is 25.9 Å². The number of halogens is 1. The number of aromatic nitrogens is 5. The van der Waals surface area contributed by atoms with Crippen LogP contribution in [0.5, 0.6) is 0 Å². The van der Waals surface area contributed by atoms with Gasteiger partial charge >= 0.3 is 0 Å². The molecule has 6 nitrogen and oxygen atoms in total. The summed E-state index contributed by atoms with van der Waals surface area (Å²) < 4.78 is 15.8. The molecular formula is C24H22BFN6S. The van der Waals surface area contributed by atoms with Gasteiger partial charge in [-0.05, 0) is 61.3 Å². The zero-order chi connectivity index (χ0) is 22.6. The smallest absolute Gasteiger partial charge is 0.216 e. The van der Waals surface area contributed by atoms with Gasteiger partial charge in [0.2, 0.25) is 11.9 Å². The highest BCUT2D eigenvalue weighted by atomic mass is 32.2. The Hall–Kier alpha value is -2.94. The topological polar surface area (TPSA) is 59.2 Å². The maximum Gasteiger partial charge on any atom is 0.216 e. The predicted octanol–water partition coefficient (Wildman–Crippen LogP) is 3.30. The fraction of sp³-hybridized carbons (Fsp3) is 0.333. The largest absolute Gasteiger partial charge is 0.342 e. The first-order chi connectivity index (χ1) is 16.0. The summed E-state index contributed by atoms with van der Waals surface area (Å²) in [5, 5.41) is 0. The van der Waals surface area contributed by atoms with Crippen LogP contribution in [-0.4, -0.2) is 45.3 Å². The minimum Gasteiger partial charge on any atom is -0.342 e. The van der Waals surface area contributed by atoms with E-state index in [4.69, 9.17) is 12.8 Å². The lowest BCUT2D eigenvalue weighted by molar-refractivity contribution is 0.230. The van der Waals surface area contributed by atoms with Crippen LogP contribution < -0.4 is 10.5 Å². The van der Waals surface area contributed by atoms with Gasteiger partial charge in [0.25, 0.3) is 0 Å². The summed E-state index contributed by atoms with van der Waals surface area (Å²) in [4.78, 5) is 21.6. The molecule has 0 bridgehead atoms. The Balaban J connectivity index is 1.27. The Morgan fingerprint density at radius 2 is 1.85 bits per heavy atom. The van der Waals surface area contributed by atoms with Gasteiger partial charge in [0, 0.05) is 54.0 Å². The molecule has 0 atom stereocenters. The summed E-state index contributed by atoms with van der Waals surface area (Å²) in [5.74, 6) is 0.348. The fourth-order valence-electron chi connectivity index (χ4n) is 5.15. The Bertz CT molecular complexity index is 1340. The second-order valence-electron chi connectivity index (χ2n) is 9.04. The van der Waals surface area contributed by atoms with Crippen LogP contribution in [0.3, 0.4) is 0 Å². The SMILES string of the molecule is [B]c1cnc2c(Sc3ccnc(F)c3C)cnc(N3CCC4(CC3)Cc3cccnc3C4)n12. The van der Waals surface area contributed by atoms with Crippen molar-refractivity contribution in [3.8, 4) is 0 Å². The lowest BCUT2D eigenvalue weighted by Gasteiger charge is -2.40. The van der Waals surface area contributed by atoms with E-state index in [0.717, 1.165) is 60.2 Å². The molecule has 164 valence electrons. The number of hydrogen-bond acceptors (Lipinski definition) is 6. The lowest BCUT2D eigenvalue weighted by atomic mass is 9.76. The lowest BCUT2D eigenvalue weighted by Crippen LogP contribution is -2.42. The van der Waals surface area contributed by atoms with Crippen LogP contribution in [0.25, 0.3) is 5.65 Å². The molecule has 1 aliphatic carbocycles. The predicted molar refractivity (Wildman–Crippen MR) is 127 cm³/mol. The van der Waals surface area contributed by atoms with Crippen LogP contribution >= 0.6 is 11.8 Å². The molecule has 4 aromatic heterocycles. The molecule has 1 aliphatic heterocycles. The van der Waals surface area contributed by atoms with Gasteiger partial charge in [-0.15, -0.1) is 0 Å². The van der Waals surface area contributed by atoms with Crippen LogP contribution in [0.4, 0.5) is 10.3 Å². The summed E-state index contributed by atoms with van der Waals surface area (Å²) in [7, 11) is 6.32. The van der Waals surface area contributed by atoms with Gasteiger partial charge in [-0.25, -0.2) is 15.0 Å². The molecule has 0 amide bonds. The van der Waals surface area contributed by atoms with Gasteiger partial charge in [0.15, 0.2) is 5.65 Å². The molecular weight excluding hydrogens is 434 g/mol. The summed E-state index contributed by atoms with van der Waals surface area (Å²) in [6.07, 6.45) is 11.2. The van der Waals surface area contributed by atoms with Crippen LogP contribution in [0.2, 0.25) is 0 Å². The number of hydrogen-bond donors (Lipinski definition) is 0. The first-order valence-corrected chi connectivity index (χ1v) is 11.9. The zero-order valence-electron chi connectivity index (χ0n) is 18.3. The third-order valence-corrected chi connectivity index (χ3v) is 8.19. The number of nitrogens with zero attached hydrogens (tertiary/aromatic N) is 6. The Labute approximate surface area is 197 Å². The molecule has 2 aliphatic rings. The number of fused-ring (bicyclic) bond motifs is 2. The summed E-state index contributed by atoms with van der Waals surface area (Å²) in [6.45, 7) is 3.55. The molecule has 5 heterocycles. The van der Waals surface area contributed by atoms with Crippen LogP contribution in [0, 0.1) is 18.3 Å². The van der Waals surface area contributed by atoms with Crippen molar-refractivity contribution in [3.05, 3.63) is 65.8 Å². The molecule has 9 heteroatoms. The first-order valence-electron chi connectivity index (χ1n) is 11.1. The van der Waals surface area contributed by atoms with Crippen molar-refractivity contribution in [1.82, 2.24) is 24.3 Å². The third-order valence-electron chi connectivity index (χ3n) is 7.02. The summed E-state index contributed by atoms with van der Waals surface area (Å²) in [6, 6.07) is 6.06. The standard InChI is InChI=1S/C24H22BFN6S/c1-15-18(4-8-28-21(15)26)33-19-13-30-23(32-20(25)14-29-22(19)32)31-9-5-24(6-10-31)11-16-3-2-7-27-17(16)12-24/h2-4,7-8,13-14H,5-6,9-12H2,1H3. The van der Waals surface area contributed by atoms with Gasteiger partial charge in [-0.2, -0.15) is 4.39 Å². The molecule has 6 rings (SSSR count). The maximum absolute atomic E-state index is 13.9. The average molecular weight is 456 g/mol. The second kappa shape index (κ2) is 7.83. The Morgan fingerprint density at radius 3 is 2.67 bits per heavy atom. The van der Waals surface area contributed by atoms with E-state index in [1.807, 2.05) is 22.9 Å². The molecule has 0 N–H and O–H groups in total. The number of imidazole rings is 1. The van der Waals surface area contributed by atoms with Crippen molar-refractivity contribution in [3.63, 3.8) is 0 Å². The minimum atomic E-state index is -0.463. The van der Waals surface area contributed by atoms with Crippen molar-refractivity contribution in [2.24, 2.45) is 5.41 Å². The van der Waals surface area contributed by atoms with E-state index in [1.54, 1.807) is 19.2 Å². The molecule has 1 fully saturated rings. The molecule has 0 unspecified atom stereocenters. The van der Waals surface area contributed by atoms with E-state index in [0.29, 0.717) is 16.6 Å². The van der Waals surface area contributed by atoms with E-state index >= 15 is 0 Å². The minimum absolute atomic E-state index is 0.297. The molecule has 1 spiro atoms. The normalized spacial score (nSPS) is 17.1. The van der Waals surface area contributed by atoms with Crippen LogP contribution in [0.1, 0.15) is 29.7 Å². The van der Waals surface area contributed by atoms with Crippen molar-refractivity contribution >= 4 is 36.8 Å². The Morgan fingerprint density at radius 1 is 1.00 bits per heavy atom. The highest BCUT2D eigenvalue weighted by molar-refractivity contribution is 7.99. The van der Waals surface area contributed by atoms with Crippen LogP contribution in [-0.2, 0) is 12.8 Å². The van der Waals surface area contributed by atoms with Gasteiger partial charge in [0.05, 0.1) is 4.90 Å². The first kappa shape index (κ1) is 20.7. The van der Waals surface area contributed by atoms with E-state index in [9.17, 15) is 4.39 Å². The van der Waals surface area contributed by atoms with E-state index < -0.39 is 5.95 Å². The van der Waals surface area contributed by atoms with Crippen molar-refractivity contribution in [2.75, 3.05) is 18.0 Å². The van der Waals surface area contributed by atoms with Gasteiger partial charge in [-0.3, -0.25) is 9.38 Å². The van der Waals surface area contributed by atoms with Crippen LogP contribution in [0.15, 0.2) is 52.8 Å². The van der Waals surface area contributed by atoms with Crippen molar-refractivity contribution in [2.45, 2.75) is 42.4 Å². The number of anilines is 1.